The summed E-state index contributed by atoms with van der Waals surface area (Å²) in [6, 6.07) is 8.52. The van der Waals surface area contributed by atoms with E-state index in [2.05, 4.69) is 39.4 Å². The van der Waals surface area contributed by atoms with Crippen LogP contribution >= 0.6 is 15.9 Å². The topological polar surface area (TPSA) is 38.0 Å². The van der Waals surface area contributed by atoms with Crippen molar-refractivity contribution in [3.05, 3.63) is 34.3 Å². The van der Waals surface area contributed by atoms with Crippen LogP contribution in [0.2, 0.25) is 0 Å². The molecule has 0 bridgehead atoms. The molecule has 3 N–H and O–H groups in total. The lowest BCUT2D eigenvalue weighted by atomic mass is 9.62. The molecule has 1 unspecified atom stereocenters. The number of halogens is 1. The van der Waals surface area contributed by atoms with Gasteiger partial charge < -0.3 is 11.1 Å². The fourth-order valence-corrected chi connectivity index (χ4v) is 3.05. The predicted molar refractivity (Wildman–Crippen MR) is 71.3 cm³/mol. The van der Waals surface area contributed by atoms with Crippen LogP contribution in [0.25, 0.3) is 0 Å². The lowest BCUT2D eigenvalue weighted by Gasteiger charge is -2.46. The first-order valence-electron chi connectivity index (χ1n) is 5.84. The number of hydrogen-bond donors (Lipinski definition) is 2. The second-order valence-electron chi connectivity index (χ2n) is 4.78. The molecule has 16 heavy (non-hydrogen) atoms. The molecule has 0 spiro atoms. The Morgan fingerprint density at radius 3 is 2.75 bits per heavy atom. The highest BCUT2D eigenvalue weighted by molar-refractivity contribution is 9.10. The minimum Gasteiger partial charge on any atom is -0.323 e. The first-order chi connectivity index (χ1) is 7.68. The minimum absolute atomic E-state index is 0.145. The van der Waals surface area contributed by atoms with Crippen molar-refractivity contribution in [1.82, 2.24) is 5.32 Å². The Hall–Kier alpha value is -0.380. The van der Waals surface area contributed by atoms with E-state index in [9.17, 15) is 0 Å². The maximum atomic E-state index is 6.43. The van der Waals surface area contributed by atoms with Gasteiger partial charge in [-0.25, -0.2) is 0 Å². The van der Waals surface area contributed by atoms with Crippen LogP contribution in [0.3, 0.4) is 0 Å². The smallest absolute Gasteiger partial charge is 0.0364 e. The van der Waals surface area contributed by atoms with E-state index < -0.39 is 0 Å². The first kappa shape index (κ1) is 12.1. The summed E-state index contributed by atoms with van der Waals surface area (Å²) in [5.41, 5.74) is 7.94. The van der Waals surface area contributed by atoms with E-state index in [0.717, 1.165) is 11.0 Å². The molecule has 2 nitrogen and oxygen atoms in total. The van der Waals surface area contributed by atoms with Crippen molar-refractivity contribution in [1.29, 1.82) is 0 Å². The predicted octanol–water partition coefficient (Wildman–Crippen LogP) is 2.84. The van der Waals surface area contributed by atoms with E-state index in [4.69, 9.17) is 5.73 Å². The van der Waals surface area contributed by atoms with Gasteiger partial charge in [-0.3, -0.25) is 0 Å². The van der Waals surface area contributed by atoms with Crippen LogP contribution in [0.5, 0.6) is 0 Å². The van der Waals surface area contributed by atoms with Crippen molar-refractivity contribution in [3.8, 4) is 0 Å². The lowest BCUT2D eigenvalue weighted by molar-refractivity contribution is 0.0947. The summed E-state index contributed by atoms with van der Waals surface area (Å²) >= 11 is 3.50. The quantitative estimate of drug-likeness (QED) is 0.891. The average Bonchev–Trinajstić information content (AvgIpc) is 2.22. The third kappa shape index (κ3) is 2.17. The van der Waals surface area contributed by atoms with Crippen LogP contribution in [0.15, 0.2) is 28.7 Å². The maximum Gasteiger partial charge on any atom is 0.0364 e. The Balaban J connectivity index is 2.20. The fourth-order valence-electron chi connectivity index (χ4n) is 2.63. The highest BCUT2D eigenvalue weighted by Gasteiger charge is 2.42. The van der Waals surface area contributed by atoms with Gasteiger partial charge in [-0.2, -0.15) is 0 Å². The Bertz CT molecular complexity index is 361. The molecule has 1 aliphatic carbocycles. The van der Waals surface area contributed by atoms with Gasteiger partial charge in [0.1, 0.15) is 0 Å². The van der Waals surface area contributed by atoms with Crippen molar-refractivity contribution < 1.29 is 0 Å². The Morgan fingerprint density at radius 2 is 2.25 bits per heavy atom. The molecule has 3 heteroatoms. The molecule has 0 radical (unpaired) electrons. The summed E-state index contributed by atoms with van der Waals surface area (Å²) in [6.45, 7) is 1.01. The number of nitrogens with one attached hydrogen (secondary N) is 1. The van der Waals surface area contributed by atoms with E-state index in [-0.39, 0.29) is 11.5 Å². The zero-order valence-corrected chi connectivity index (χ0v) is 11.3. The second kappa shape index (κ2) is 4.86. The summed E-state index contributed by atoms with van der Waals surface area (Å²) in [5, 5.41) is 3.28. The molecular weight excluding hydrogens is 264 g/mol. The van der Waals surface area contributed by atoms with Crippen molar-refractivity contribution >= 4 is 15.9 Å². The van der Waals surface area contributed by atoms with Gasteiger partial charge >= 0.3 is 0 Å². The zero-order chi connectivity index (χ0) is 11.6. The van der Waals surface area contributed by atoms with Gasteiger partial charge in [-0.1, -0.05) is 34.5 Å². The minimum atomic E-state index is 0.145. The lowest BCUT2D eigenvalue weighted by Crippen LogP contribution is -2.46. The first-order valence-corrected chi connectivity index (χ1v) is 6.63. The van der Waals surface area contributed by atoms with Crippen LogP contribution in [0.1, 0.15) is 30.9 Å². The van der Waals surface area contributed by atoms with Gasteiger partial charge in [0.05, 0.1) is 0 Å². The van der Waals surface area contributed by atoms with Crippen LogP contribution < -0.4 is 11.1 Å². The van der Waals surface area contributed by atoms with Gasteiger partial charge in [-0.05, 0) is 37.6 Å². The average molecular weight is 283 g/mol. The van der Waals surface area contributed by atoms with E-state index >= 15 is 0 Å². The van der Waals surface area contributed by atoms with E-state index in [1.54, 1.807) is 0 Å². The molecule has 0 aromatic heterocycles. The fraction of sp³-hybridized carbons (Fsp3) is 0.538. The normalized spacial score (nSPS) is 20.2. The molecular formula is C13H19BrN2. The molecule has 88 valence electrons. The molecule has 1 aromatic rings. The van der Waals surface area contributed by atoms with Gasteiger partial charge in [0.15, 0.2) is 0 Å². The molecule has 0 aliphatic heterocycles. The second-order valence-corrected chi connectivity index (χ2v) is 5.69. The van der Waals surface area contributed by atoms with Crippen LogP contribution in [0.4, 0.5) is 0 Å². The third-order valence-electron chi connectivity index (χ3n) is 3.75. The van der Waals surface area contributed by atoms with Crippen molar-refractivity contribution in [2.75, 3.05) is 13.6 Å². The molecule has 1 fully saturated rings. The Labute approximate surface area is 106 Å². The van der Waals surface area contributed by atoms with Gasteiger partial charge in [0.2, 0.25) is 0 Å². The number of hydrogen-bond acceptors (Lipinski definition) is 2. The number of rotatable bonds is 4. The summed E-state index contributed by atoms with van der Waals surface area (Å²) in [6.07, 6.45) is 3.78. The highest BCUT2D eigenvalue weighted by Crippen LogP contribution is 2.48. The van der Waals surface area contributed by atoms with Crippen LogP contribution in [-0.2, 0) is 0 Å². The maximum absolute atomic E-state index is 6.43. The monoisotopic (exact) mass is 282 g/mol. The molecule has 2 rings (SSSR count). The van der Waals surface area contributed by atoms with E-state index in [1.165, 1.54) is 24.8 Å². The molecule has 1 atom stereocenters. The van der Waals surface area contributed by atoms with E-state index in [0.29, 0.717) is 0 Å². The summed E-state index contributed by atoms with van der Waals surface area (Å²) in [7, 11) is 2.01. The third-order valence-corrected chi connectivity index (χ3v) is 4.24. The van der Waals surface area contributed by atoms with Crippen LogP contribution in [-0.4, -0.2) is 13.6 Å². The number of nitrogens with two attached hydrogens (primary N) is 1. The van der Waals surface area contributed by atoms with Crippen molar-refractivity contribution in [2.24, 2.45) is 11.1 Å². The molecule has 0 heterocycles. The van der Waals surface area contributed by atoms with Gasteiger partial charge in [-0.15, -0.1) is 0 Å². The SMILES string of the molecule is CNCC1(C(N)c2cccc(Br)c2)CCC1. The van der Waals surface area contributed by atoms with Crippen molar-refractivity contribution in [3.63, 3.8) is 0 Å². The van der Waals surface area contributed by atoms with E-state index in [1.807, 2.05) is 13.1 Å². The summed E-state index contributed by atoms with van der Waals surface area (Å²) < 4.78 is 1.11. The summed E-state index contributed by atoms with van der Waals surface area (Å²) in [4.78, 5) is 0. The largest absolute Gasteiger partial charge is 0.323 e. The zero-order valence-electron chi connectivity index (χ0n) is 9.67. The molecule has 1 saturated carbocycles. The summed E-state index contributed by atoms with van der Waals surface area (Å²) in [5.74, 6) is 0. The standard InChI is InChI=1S/C13H19BrN2/c1-16-9-13(6-3-7-13)12(15)10-4-2-5-11(14)8-10/h2,4-5,8,12,16H,3,6-7,9,15H2,1H3. The van der Waals surface area contributed by atoms with Gasteiger partial charge in [0, 0.05) is 22.5 Å². The Morgan fingerprint density at radius 1 is 1.50 bits per heavy atom. The van der Waals surface area contributed by atoms with Crippen molar-refractivity contribution in [2.45, 2.75) is 25.3 Å². The molecule has 0 saturated heterocycles. The van der Waals surface area contributed by atoms with Crippen LogP contribution in [0, 0.1) is 5.41 Å². The molecule has 0 amide bonds. The highest BCUT2D eigenvalue weighted by atomic mass is 79.9. The molecule has 1 aromatic carbocycles. The van der Waals surface area contributed by atoms with Gasteiger partial charge in [0.25, 0.3) is 0 Å². The molecule has 1 aliphatic rings. The number of benzene rings is 1. The Kier molecular flexibility index (Phi) is 3.67.